The Hall–Kier alpha value is -0.260. The molecule has 5 heteroatoms. The molecule has 0 radical (unpaired) electrons. The van der Waals surface area contributed by atoms with Crippen LogP contribution >= 0.6 is 11.8 Å². The second kappa shape index (κ2) is 10.3. The van der Waals surface area contributed by atoms with Gasteiger partial charge in [-0.3, -0.25) is 4.79 Å². The van der Waals surface area contributed by atoms with Crippen LogP contribution in [0.2, 0.25) is 0 Å². The van der Waals surface area contributed by atoms with Gasteiger partial charge in [-0.2, -0.15) is 11.8 Å². The summed E-state index contributed by atoms with van der Waals surface area (Å²) in [5, 5.41) is 8.63. The summed E-state index contributed by atoms with van der Waals surface area (Å²) in [7, 11) is 1.65. The van der Waals surface area contributed by atoms with Crippen LogP contribution in [-0.2, 0) is 14.3 Å². The van der Waals surface area contributed by atoms with Crippen molar-refractivity contribution in [3.63, 3.8) is 0 Å². The molecule has 0 aromatic carbocycles. The number of rotatable bonds is 10. The van der Waals surface area contributed by atoms with Crippen LogP contribution in [0.15, 0.2) is 0 Å². The minimum Gasteiger partial charge on any atom is -0.481 e. The highest BCUT2D eigenvalue weighted by atomic mass is 32.2. The van der Waals surface area contributed by atoms with Crippen molar-refractivity contribution in [1.82, 2.24) is 0 Å². The van der Waals surface area contributed by atoms with E-state index in [0.29, 0.717) is 19.0 Å². The van der Waals surface area contributed by atoms with E-state index in [1.54, 1.807) is 25.8 Å². The molecule has 0 aliphatic heterocycles. The molecule has 15 heavy (non-hydrogen) atoms. The lowest BCUT2D eigenvalue weighted by Crippen LogP contribution is -2.12. The Bertz CT molecular complexity index is 164. The molecule has 0 amide bonds. The van der Waals surface area contributed by atoms with Gasteiger partial charge in [-0.15, -0.1) is 0 Å². The molecule has 0 bridgehead atoms. The standard InChI is InChI=1S/C10H20O4S/c1-9(10(11)12)8-15-7-3-4-14-6-5-13-2/h9H,3-8H2,1-2H3,(H,11,12). The zero-order chi connectivity index (χ0) is 11.5. The Morgan fingerprint density at radius 3 is 2.73 bits per heavy atom. The number of methoxy groups -OCH3 is 1. The van der Waals surface area contributed by atoms with Gasteiger partial charge in [0, 0.05) is 19.5 Å². The Kier molecular flexibility index (Phi) is 10.1. The van der Waals surface area contributed by atoms with E-state index in [0.717, 1.165) is 18.8 Å². The van der Waals surface area contributed by atoms with Crippen molar-refractivity contribution in [2.75, 3.05) is 38.4 Å². The van der Waals surface area contributed by atoms with Gasteiger partial charge in [0.15, 0.2) is 0 Å². The fourth-order valence-electron chi connectivity index (χ4n) is 0.839. The number of aliphatic carboxylic acids is 1. The number of carboxylic acids is 1. The van der Waals surface area contributed by atoms with Crippen molar-refractivity contribution in [2.24, 2.45) is 5.92 Å². The summed E-state index contributed by atoms with van der Waals surface area (Å²) >= 11 is 1.66. The molecule has 0 heterocycles. The van der Waals surface area contributed by atoms with Crippen LogP contribution in [-0.4, -0.2) is 49.5 Å². The third kappa shape index (κ3) is 10.0. The maximum atomic E-state index is 10.5. The number of ether oxygens (including phenoxy) is 2. The molecule has 0 saturated carbocycles. The first-order chi connectivity index (χ1) is 7.18. The fraction of sp³-hybridized carbons (Fsp3) is 0.900. The zero-order valence-electron chi connectivity index (χ0n) is 9.40. The van der Waals surface area contributed by atoms with Gasteiger partial charge in [-0.1, -0.05) is 6.92 Å². The largest absolute Gasteiger partial charge is 0.481 e. The van der Waals surface area contributed by atoms with E-state index in [9.17, 15) is 4.79 Å². The van der Waals surface area contributed by atoms with Crippen LogP contribution in [0.1, 0.15) is 13.3 Å². The quantitative estimate of drug-likeness (QED) is 0.582. The molecule has 1 unspecified atom stereocenters. The molecular weight excluding hydrogens is 216 g/mol. The van der Waals surface area contributed by atoms with Crippen molar-refractivity contribution in [3.8, 4) is 0 Å². The molecule has 0 aliphatic carbocycles. The lowest BCUT2D eigenvalue weighted by Gasteiger charge is -2.06. The highest BCUT2D eigenvalue weighted by molar-refractivity contribution is 7.99. The average molecular weight is 236 g/mol. The van der Waals surface area contributed by atoms with Gasteiger partial charge in [0.25, 0.3) is 0 Å². The topological polar surface area (TPSA) is 55.8 Å². The number of thioether (sulfide) groups is 1. The Morgan fingerprint density at radius 1 is 1.40 bits per heavy atom. The summed E-state index contributed by atoms with van der Waals surface area (Å²) in [6.45, 7) is 3.71. The van der Waals surface area contributed by atoms with E-state index in [1.165, 1.54) is 0 Å². The first kappa shape index (κ1) is 14.7. The molecule has 1 atom stereocenters. The second-order valence-electron chi connectivity index (χ2n) is 3.27. The van der Waals surface area contributed by atoms with Gasteiger partial charge < -0.3 is 14.6 Å². The Morgan fingerprint density at radius 2 is 2.13 bits per heavy atom. The smallest absolute Gasteiger partial charge is 0.307 e. The summed E-state index contributed by atoms with van der Waals surface area (Å²) in [6, 6.07) is 0. The van der Waals surface area contributed by atoms with Crippen LogP contribution in [0.5, 0.6) is 0 Å². The Balaban J connectivity index is 3.08. The normalized spacial score (nSPS) is 12.7. The van der Waals surface area contributed by atoms with Crippen molar-refractivity contribution in [1.29, 1.82) is 0 Å². The van der Waals surface area contributed by atoms with Crippen molar-refractivity contribution in [2.45, 2.75) is 13.3 Å². The molecular formula is C10H20O4S. The van der Waals surface area contributed by atoms with E-state index in [-0.39, 0.29) is 5.92 Å². The highest BCUT2D eigenvalue weighted by Gasteiger charge is 2.09. The summed E-state index contributed by atoms with van der Waals surface area (Å²) in [5.41, 5.74) is 0. The van der Waals surface area contributed by atoms with Gasteiger partial charge in [0.1, 0.15) is 0 Å². The summed E-state index contributed by atoms with van der Waals surface area (Å²) < 4.78 is 10.1. The molecule has 0 fully saturated rings. The lowest BCUT2D eigenvalue weighted by molar-refractivity contribution is -0.140. The number of carboxylic acid groups (broad SMARTS) is 1. The monoisotopic (exact) mass is 236 g/mol. The van der Waals surface area contributed by atoms with E-state index in [1.807, 2.05) is 0 Å². The molecule has 0 aromatic heterocycles. The minimum atomic E-state index is -0.723. The number of carbonyl (C=O) groups is 1. The first-order valence-corrected chi connectivity index (χ1v) is 6.21. The predicted octanol–water partition coefficient (Wildman–Crippen LogP) is 1.49. The zero-order valence-corrected chi connectivity index (χ0v) is 10.2. The molecule has 1 N–H and O–H groups in total. The second-order valence-corrected chi connectivity index (χ2v) is 4.42. The highest BCUT2D eigenvalue weighted by Crippen LogP contribution is 2.09. The molecule has 0 rings (SSSR count). The van der Waals surface area contributed by atoms with Crippen LogP contribution < -0.4 is 0 Å². The van der Waals surface area contributed by atoms with E-state index in [4.69, 9.17) is 14.6 Å². The molecule has 0 aromatic rings. The van der Waals surface area contributed by atoms with Gasteiger partial charge in [-0.05, 0) is 12.2 Å². The third-order valence-electron chi connectivity index (χ3n) is 1.80. The molecule has 0 aliphatic rings. The fourth-order valence-corrected chi connectivity index (χ4v) is 1.82. The van der Waals surface area contributed by atoms with Crippen molar-refractivity contribution in [3.05, 3.63) is 0 Å². The molecule has 0 spiro atoms. The predicted molar refractivity (Wildman–Crippen MR) is 61.4 cm³/mol. The van der Waals surface area contributed by atoms with E-state index >= 15 is 0 Å². The maximum Gasteiger partial charge on any atom is 0.307 e. The van der Waals surface area contributed by atoms with Crippen LogP contribution in [0.3, 0.4) is 0 Å². The lowest BCUT2D eigenvalue weighted by atomic mass is 10.2. The minimum absolute atomic E-state index is 0.260. The van der Waals surface area contributed by atoms with Crippen LogP contribution in [0, 0.1) is 5.92 Å². The molecule has 90 valence electrons. The average Bonchev–Trinajstić information content (AvgIpc) is 2.21. The van der Waals surface area contributed by atoms with Crippen molar-refractivity contribution < 1.29 is 19.4 Å². The van der Waals surface area contributed by atoms with Crippen LogP contribution in [0.25, 0.3) is 0 Å². The molecule has 0 saturated heterocycles. The summed E-state index contributed by atoms with van der Waals surface area (Å²) in [5.74, 6) is 0.640. The van der Waals surface area contributed by atoms with E-state index in [2.05, 4.69) is 0 Å². The van der Waals surface area contributed by atoms with Crippen LogP contribution in [0.4, 0.5) is 0 Å². The Labute approximate surface area is 95.3 Å². The third-order valence-corrected chi connectivity index (χ3v) is 3.11. The number of hydrogen-bond donors (Lipinski definition) is 1. The maximum absolute atomic E-state index is 10.5. The number of hydrogen-bond acceptors (Lipinski definition) is 4. The summed E-state index contributed by atoms with van der Waals surface area (Å²) in [6.07, 6.45) is 0.959. The van der Waals surface area contributed by atoms with Gasteiger partial charge in [-0.25, -0.2) is 0 Å². The first-order valence-electron chi connectivity index (χ1n) is 5.05. The van der Waals surface area contributed by atoms with Gasteiger partial charge in [0.05, 0.1) is 19.1 Å². The summed E-state index contributed by atoms with van der Waals surface area (Å²) in [4.78, 5) is 10.5. The van der Waals surface area contributed by atoms with Gasteiger partial charge >= 0.3 is 5.97 Å². The van der Waals surface area contributed by atoms with E-state index < -0.39 is 5.97 Å². The van der Waals surface area contributed by atoms with Gasteiger partial charge in [0.2, 0.25) is 0 Å². The van der Waals surface area contributed by atoms with Crippen molar-refractivity contribution >= 4 is 17.7 Å². The molecule has 4 nitrogen and oxygen atoms in total. The SMILES string of the molecule is COCCOCCCSCC(C)C(=O)O.